The zero-order chi connectivity index (χ0) is 19.2. The average Bonchev–Trinajstić information content (AvgIpc) is 2.62. The topological polar surface area (TPSA) is 96.0 Å². The van der Waals surface area contributed by atoms with Gasteiger partial charge in [0.2, 0.25) is 5.91 Å². The fourth-order valence-corrected chi connectivity index (χ4v) is 2.34. The maximum absolute atomic E-state index is 13.3. The number of hydrogen-bond donors (Lipinski definition) is 3. The Balaban J connectivity index is 1.73. The first-order chi connectivity index (χ1) is 13.0. The third kappa shape index (κ3) is 5.08. The largest absolute Gasteiger partial charge is 0.340 e. The van der Waals surface area contributed by atoms with E-state index in [1.807, 2.05) is 0 Å². The van der Waals surface area contributed by atoms with Crippen molar-refractivity contribution >= 4 is 34.7 Å². The molecule has 136 valence electrons. The predicted octanol–water partition coefficient (Wildman–Crippen LogP) is 3.57. The molecule has 7 nitrogen and oxygen atoms in total. The number of nitrogens with one attached hydrogen (secondary N) is 3. The summed E-state index contributed by atoms with van der Waals surface area (Å²) in [6.07, 6.45) is 1.24. The molecule has 1 heterocycles. The number of hydrogen-bond acceptors (Lipinski definition) is 5. The van der Waals surface area contributed by atoms with Crippen LogP contribution in [0.2, 0.25) is 0 Å². The van der Waals surface area contributed by atoms with E-state index >= 15 is 0 Å². The van der Waals surface area contributed by atoms with E-state index in [0.29, 0.717) is 22.9 Å². The van der Waals surface area contributed by atoms with Gasteiger partial charge in [-0.1, -0.05) is 12.1 Å². The average molecular weight is 365 g/mol. The van der Waals surface area contributed by atoms with Crippen LogP contribution in [0.15, 0.2) is 60.9 Å². The third-order valence-corrected chi connectivity index (χ3v) is 3.44. The molecule has 1 aromatic heterocycles. The van der Waals surface area contributed by atoms with Crippen molar-refractivity contribution in [3.05, 3.63) is 72.4 Å². The van der Waals surface area contributed by atoms with Gasteiger partial charge in [0.15, 0.2) is 0 Å². The van der Waals surface area contributed by atoms with Crippen LogP contribution in [0.3, 0.4) is 0 Å². The fraction of sp³-hybridized carbons (Fsp3) is 0.0526. The molecule has 8 heteroatoms. The summed E-state index contributed by atoms with van der Waals surface area (Å²) < 4.78 is 13.3. The number of benzene rings is 2. The minimum atomic E-state index is -0.445. The molecule has 0 aliphatic carbocycles. The van der Waals surface area contributed by atoms with Gasteiger partial charge in [-0.15, -0.1) is 0 Å². The second-order valence-corrected chi connectivity index (χ2v) is 5.64. The highest BCUT2D eigenvalue weighted by molar-refractivity contribution is 6.03. The van der Waals surface area contributed by atoms with Gasteiger partial charge in [-0.3, -0.25) is 9.59 Å². The quantitative estimate of drug-likeness (QED) is 0.642. The number of nitrogens with zero attached hydrogens (tertiary/aromatic N) is 2. The van der Waals surface area contributed by atoms with Gasteiger partial charge in [0, 0.05) is 30.1 Å². The summed E-state index contributed by atoms with van der Waals surface area (Å²) in [5.41, 5.74) is 1.71. The van der Waals surface area contributed by atoms with Crippen molar-refractivity contribution in [2.24, 2.45) is 0 Å². The lowest BCUT2D eigenvalue weighted by Crippen LogP contribution is -2.14. The van der Waals surface area contributed by atoms with Gasteiger partial charge in [-0.05, 0) is 36.4 Å². The molecule has 3 aromatic rings. The van der Waals surface area contributed by atoms with E-state index in [0.717, 1.165) is 0 Å². The highest BCUT2D eigenvalue weighted by Crippen LogP contribution is 2.18. The molecule has 2 aromatic carbocycles. The molecule has 0 saturated heterocycles. The lowest BCUT2D eigenvalue weighted by molar-refractivity contribution is -0.114. The molecule has 0 aliphatic heterocycles. The Kier molecular flexibility index (Phi) is 5.36. The minimum absolute atomic E-state index is 0.133. The van der Waals surface area contributed by atoms with E-state index in [4.69, 9.17) is 0 Å². The number of amides is 2. The number of halogens is 1. The lowest BCUT2D eigenvalue weighted by Gasteiger charge is -2.09. The zero-order valence-electron chi connectivity index (χ0n) is 14.4. The van der Waals surface area contributed by atoms with E-state index in [-0.39, 0.29) is 17.4 Å². The Morgan fingerprint density at radius 3 is 2.33 bits per heavy atom. The molecule has 0 unspecified atom stereocenters. The molecular weight excluding hydrogens is 349 g/mol. The maximum Gasteiger partial charge on any atom is 0.274 e. The van der Waals surface area contributed by atoms with Crippen LogP contribution < -0.4 is 16.0 Å². The SMILES string of the molecule is CC(=O)Nc1cccc(NC(=O)c2cc(Nc3cccc(F)c3)ncn2)c1. The summed E-state index contributed by atoms with van der Waals surface area (Å²) in [4.78, 5) is 31.5. The molecule has 0 atom stereocenters. The van der Waals surface area contributed by atoms with Crippen LogP contribution in [0, 0.1) is 5.82 Å². The van der Waals surface area contributed by atoms with Crippen LogP contribution in [-0.4, -0.2) is 21.8 Å². The Morgan fingerprint density at radius 2 is 1.59 bits per heavy atom. The third-order valence-electron chi connectivity index (χ3n) is 3.44. The first-order valence-electron chi connectivity index (χ1n) is 8.03. The number of carbonyl (C=O) groups is 2. The minimum Gasteiger partial charge on any atom is -0.340 e. The van der Waals surface area contributed by atoms with Crippen molar-refractivity contribution in [2.45, 2.75) is 6.92 Å². The van der Waals surface area contributed by atoms with Crippen molar-refractivity contribution in [1.82, 2.24) is 9.97 Å². The summed E-state index contributed by atoms with van der Waals surface area (Å²) in [5.74, 6) is -0.680. The standard InChI is InChI=1S/C19H16FN5O2/c1-12(26)23-15-6-3-7-16(9-15)25-19(27)17-10-18(22-11-21-17)24-14-5-2-4-13(20)8-14/h2-11H,1H3,(H,23,26)(H,25,27)(H,21,22,24). The van der Waals surface area contributed by atoms with E-state index in [1.165, 1.54) is 31.5 Å². The Hall–Kier alpha value is -3.81. The van der Waals surface area contributed by atoms with Gasteiger partial charge in [-0.2, -0.15) is 0 Å². The van der Waals surface area contributed by atoms with Gasteiger partial charge in [0.25, 0.3) is 5.91 Å². The Bertz CT molecular complexity index is 993. The number of rotatable bonds is 5. The van der Waals surface area contributed by atoms with Crippen molar-refractivity contribution in [2.75, 3.05) is 16.0 Å². The van der Waals surface area contributed by atoms with Crippen molar-refractivity contribution in [3.8, 4) is 0 Å². The van der Waals surface area contributed by atoms with Gasteiger partial charge < -0.3 is 16.0 Å². The molecule has 27 heavy (non-hydrogen) atoms. The van der Waals surface area contributed by atoms with Gasteiger partial charge in [0.05, 0.1) is 0 Å². The maximum atomic E-state index is 13.3. The Labute approximate surface area is 154 Å². The zero-order valence-corrected chi connectivity index (χ0v) is 14.4. The normalized spacial score (nSPS) is 10.1. The van der Waals surface area contributed by atoms with Crippen LogP contribution in [0.25, 0.3) is 0 Å². The van der Waals surface area contributed by atoms with Crippen molar-refractivity contribution in [3.63, 3.8) is 0 Å². The molecular formula is C19H16FN5O2. The molecule has 0 aliphatic rings. The molecule has 0 saturated carbocycles. The molecule has 3 N–H and O–H groups in total. The molecule has 0 radical (unpaired) electrons. The van der Waals surface area contributed by atoms with Crippen molar-refractivity contribution < 1.29 is 14.0 Å². The number of aromatic nitrogens is 2. The van der Waals surface area contributed by atoms with Crippen LogP contribution in [-0.2, 0) is 4.79 Å². The highest BCUT2D eigenvalue weighted by atomic mass is 19.1. The van der Waals surface area contributed by atoms with Crippen LogP contribution >= 0.6 is 0 Å². The summed E-state index contributed by atoms with van der Waals surface area (Å²) in [5, 5.41) is 8.26. The summed E-state index contributed by atoms with van der Waals surface area (Å²) in [6.45, 7) is 1.40. The molecule has 3 rings (SSSR count). The van der Waals surface area contributed by atoms with E-state index in [2.05, 4.69) is 25.9 Å². The Morgan fingerprint density at radius 1 is 0.889 bits per heavy atom. The highest BCUT2D eigenvalue weighted by Gasteiger charge is 2.10. The second kappa shape index (κ2) is 8.05. The lowest BCUT2D eigenvalue weighted by atomic mass is 10.2. The predicted molar refractivity (Wildman–Crippen MR) is 100 cm³/mol. The number of carbonyl (C=O) groups excluding carboxylic acids is 2. The first kappa shape index (κ1) is 18.0. The van der Waals surface area contributed by atoms with Crippen LogP contribution in [0.1, 0.15) is 17.4 Å². The van der Waals surface area contributed by atoms with Gasteiger partial charge in [-0.25, -0.2) is 14.4 Å². The fourth-order valence-electron chi connectivity index (χ4n) is 2.34. The van der Waals surface area contributed by atoms with E-state index in [1.54, 1.807) is 36.4 Å². The summed E-state index contributed by atoms with van der Waals surface area (Å²) in [7, 11) is 0. The molecule has 2 amide bonds. The van der Waals surface area contributed by atoms with Gasteiger partial charge in [0.1, 0.15) is 23.7 Å². The van der Waals surface area contributed by atoms with Crippen molar-refractivity contribution in [1.29, 1.82) is 0 Å². The molecule has 0 bridgehead atoms. The van der Waals surface area contributed by atoms with Gasteiger partial charge >= 0.3 is 0 Å². The summed E-state index contributed by atoms with van der Waals surface area (Å²) >= 11 is 0. The first-order valence-corrected chi connectivity index (χ1v) is 8.03. The number of anilines is 4. The second-order valence-electron chi connectivity index (χ2n) is 5.64. The van der Waals surface area contributed by atoms with Crippen LogP contribution in [0.5, 0.6) is 0 Å². The molecule has 0 fully saturated rings. The summed E-state index contributed by atoms with van der Waals surface area (Å²) in [6, 6.07) is 14.1. The molecule has 0 spiro atoms. The van der Waals surface area contributed by atoms with E-state index < -0.39 is 5.91 Å². The van der Waals surface area contributed by atoms with E-state index in [9.17, 15) is 14.0 Å². The monoisotopic (exact) mass is 365 g/mol. The smallest absolute Gasteiger partial charge is 0.274 e. The van der Waals surface area contributed by atoms with Crippen LogP contribution in [0.4, 0.5) is 27.3 Å².